The summed E-state index contributed by atoms with van der Waals surface area (Å²) in [5.74, 6) is 0. The van der Waals surface area contributed by atoms with Gasteiger partial charge in [-0.05, 0) is 49.2 Å². The summed E-state index contributed by atoms with van der Waals surface area (Å²) in [5, 5.41) is 4.88. The van der Waals surface area contributed by atoms with E-state index in [1.54, 1.807) is 6.07 Å². The van der Waals surface area contributed by atoms with Crippen molar-refractivity contribution in [3.05, 3.63) is 55.7 Å². The van der Waals surface area contributed by atoms with Crippen LogP contribution in [0.1, 0.15) is 22.2 Å². The second-order valence-electron chi connectivity index (χ2n) is 4.38. The maximum Gasteiger partial charge on any atom is 0.0453 e. The van der Waals surface area contributed by atoms with Crippen LogP contribution in [0.4, 0.5) is 0 Å². The molecule has 4 heteroatoms. The highest BCUT2D eigenvalue weighted by Gasteiger charge is 2.02. The normalized spacial score (nSPS) is 10.9. The first-order chi connectivity index (χ1) is 9.19. The van der Waals surface area contributed by atoms with Crippen LogP contribution in [0.15, 0.2) is 30.3 Å². The van der Waals surface area contributed by atoms with Gasteiger partial charge in [-0.25, -0.2) is 0 Å². The lowest BCUT2D eigenvalue weighted by Gasteiger charge is -2.06. The van der Waals surface area contributed by atoms with Gasteiger partial charge in [0.05, 0.1) is 0 Å². The lowest BCUT2D eigenvalue weighted by Crippen LogP contribution is -2.16. The van der Waals surface area contributed by atoms with E-state index >= 15 is 0 Å². The summed E-state index contributed by atoms with van der Waals surface area (Å²) in [6.07, 6.45) is 2.03. The van der Waals surface area contributed by atoms with E-state index in [1.807, 2.05) is 23.5 Å². The van der Waals surface area contributed by atoms with Crippen LogP contribution < -0.4 is 5.32 Å². The average Bonchev–Trinajstić information content (AvgIpc) is 2.84. The van der Waals surface area contributed by atoms with Crippen LogP contribution in [0.5, 0.6) is 0 Å². The van der Waals surface area contributed by atoms with Gasteiger partial charge < -0.3 is 5.32 Å². The standard InChI is InChI=1S/C15H17Cl2NS/c1-2-13-5-6-14(19-13)10-18-8-7-11-3-4-12(16)9-15(11)17/h3-6,9,18H,2,7-8,10H2,1H3. The highest BCUT2D eigenvalue weighted by molar-refractivity contribution is 7.11. The zero-order valence-corrected chi connectivity index (χ0v) is 13.2. The van der Waals surface area contributed by atoms with Gasteiger partial charge in [0.1, 0.15) is 0 Å². The number of rotatable bonds is 6. The molecule has 0 bridgehead atoms. The van der Waals surface area contributed by atoms with Gasteiger partial charge in [-0.15, -0.1) is 11.3 Å². The minimum absolute atomic E-state index is 0.687. The maximum absolute atomic E-state index is 6.14. The van der Waals surface area contributed by atoms with Crippen molar-refractivity contribution < 1.29 is 0 Å². The fourth-order valence-corrected chi connectivity index (χ4v) is 3.30. The van der Waals surface area contributed by atoms with Crippen LogP contribution in [0.2, 0.25) is 10.0 Å². The number of nitrogens with one attached hydrogen (secondary N) is 1. The van der Waals surface area contributed by atoms with Crippen molar-refractivity contribution >= 4 is 34.5 Å². The molecule has 0 unspecified atom stereocenters. The number of halogens is 2. The third kappa shape index (κ3) is 4.50. The molecule has 1 aromatic heterocycles. The topological polar surface area (TPSA) is 12.0 Å². The van der Waals surface area contributed by atoms with E-state index in [4.69, 9.17) is 23.2 Å². The molecule has 0 aliphatic heterocycles. The molecule has 0 atom stereocenters. The summed E-state index contributed by atoms with van der Waals surface area (Å²) in [6, 6.07) is 10.1. The van der Waals surface area contributed by atoms with Crippen molar-refractivity contribution in [1.82, 2.24) is 5.32 Å². The molecule has 2 aromatic rings. The van der Waals surface area contributed by atoms with E-state index < -0.39 is 0 Å². The van der Waals surface area contributed by atoms with E-state index in [0.29, 0.717) is 5.02 Å². The van der Waals surface area contributed by atoms with Crippen molar-refractivity contribution in [3.8, 4) is 0 Å². The van der Waals surface area contributed by atoms with Crippen LogP contribution in [0.3, 0.4) is 0 Å². The van der Waals surface area contributed by atoms with Gasteiger partial charge in [-0.2, -0.15) is 0 Å². The van der Waals surface area contributed by atoms with Crippen molar-refractivity contribution in [2.24, 2.45) is 0 Å². The fraction of sp³-hybridized carbons (Fsp3) is 0.333. The molecule has 0 amide bonds. The molecule has 1 N–H and O–H groups in total. The molecule has 0 fully saturated rings. The molecule has 0 aliphatic carbocycles. The van der Waals surface area contributed by atoms with Gasteiger partial charge in [0.15, 0.2) is 0 Å². The Bertz CT molecular complexity index is 537. The van der Waals surface area contributed by atoms with Crippen molar-refractivity contribution in [1.29, 1.82) is 0 Å². The highest BCUT2D eigenvalue weighted by atomic mass is 35.5. The Labute approximate surface area is 128 Å². The predicted molar refractivity (Wildman–Crippen MR) is 85.6 cm³/mol. The van der Waals surface area contributed by atoms with Crippen molar-refractivity contribution in [2.45, 2.75) is 26.3 Å². The minimum atomic E-state index is 0.687. The first-order valence-electron chi connectivity index (χ1n) is 6.41. The lowest BCUT2D eigenvalue weighted by atomic mass is 10.1. The van der Waals surface area contributed by atoms with E-state index in [-0.39, 0.29) is 0 Å². The number of thiophene rings is 1. The Kier molecular flexibility index (Phi) is 5.71. The second kappa shape index (κ2) is 7.30. The molecule has 1 nitrogen and oxygen atoms in total. The number of benzene rings is 1. The summed E-state index contributed by atoms with van der Waals surface area (Å²) in [5.41, 5.74) is 1.14. The molecule has 2 rings (SSSR count). The summed E-state index contributed by atoms with van der Waals surface area (Å²) >= 11 is 13.9. The summed E-state index contributed by atoms with van der Waals surface area (Å²) in [6.45, 7) is 4.03. The minimum Gasteiger partial charge on any atom is -0.312 e. The van der Waals surface area contributed by atoms with Crippen LogP contribution in [0, 0.1) is 0 Å². The first kappa shape index (κ1) is 14.9. The highest BCUT2D eigenvalue weighted by Crippen LogP contribution is 2.21. The smallest absolute Gasteiger partial charge is 0.0453 e. The van der Waals surface area contributed by atoms with Crippen LogP contribution in [0.25, 0.3) is 0 Å². The molecule has 102 valence electrons. The zero-order chi connectivity index (χ0) is 13.7. The maximum atomic E-state index is 6.14. The predicted octanol–water partition coefficient (Wildman–Crippen LogP) is 4.95. The third-order valence-corrected chi connectivity index (χ3v) is 4.77. The molecule has 1 aromatic carbocycles. The average molecular weight is 314 g/mol. The Hall–Kier alpha value is -0.540. The number of hydrogen-bond donors (Lipinski definition) is 1. The van der Waals surface area contributed by atoms with E-state index in [0.717, 1.165) is 36.5 Å². The number of aryl methyl sites for hydroxylation is 1. The van der Waals surface area contributed by atoms with Crippen molar-refractivity contribution in [2.75, 3.05) is 6.54 Å². The van der Waals surface area contributed by atoms with Crippen LogP contribution in [-0.2, 0) is 19.4 Å². The Morgan fingerprint density at radius 1 is 1.11 bits per heavy atom. The Morgan fingerprint density at radius 2 is 1.89 bits per heavy atom. The van der Waals surface area contributed by atoms with Crippen LogP contribution in [-0.4, -0.2) is 6.54 Å². The Balaban J connectivity index is 1.77. The Morgan fingerprint density at radius 3 is 2.58 bits per heavy atom. The summed E-state index contributed by atoms with van der Waals surface area (Å²) in [7, 11) is 0. The van der Waals surface area contributed by atoms with E-state index in [1.165, 1.54) is 9.75 Å². The van der Waals surface area contributed by atoms with Gasteiger partial charge in [0.2, 0.25) is 0 Å². The fourth-order valence-electron chi connectivity index (χ4n) is 1.87. The van der Waals surface area contributed by atoms with Gasteiger partial charge in [-0.1, -0.05) is 36.2 Å². The molecule has 0 spiro atoms. The first-order valence-corrected chi connectivity index (χ1v) is 7.98. The van der Waals surface area contributed by atoms with Crippen molar-refractivity contribution in [3.63, 3.8) is 0 Å². The molecule has 19 heavy (non-hydrogen) atoms. The number of hydrogen-bond acceptors (Lipinski definition) is 2. The molecule has 0 aliphatic rings. The van der Waals surface area contributed by atoms with Gasteiger partial charge in [-0.3, -0.25) is 0 Å². The zero-order valence-electron chi connectivity index (χ0n) is 10.9. The monoisotopic (exact) mass is 313 g/mol. The lowest BCUT2D eigenvalue weighted by molar-refractivity contribution is 0.694. The van der Waals surface area contributed by atoms with E-state index in [9.17, 15) is 0 Å². The van der Waals surface area contributed by atoms with E-state index in [2.05, 4.69) is 24.4 Å². The quantitative estimate of drug-likeness (QED) is 0.744. The van der Waals surface area contributed by atoms with Gasteiger partial charge in [0.25, 0.3) is 0 Å². The summed E-state index contributed by atoms with van der Waals surface area (Å²) in [4.78, 5) is 2.83. The largest absolute Gasteiger partial charge is 0.312 e. The van der Waals surface area contributed by atoms with Gasteiger partial charge >= 0.3 is 0 Å². The van der Waals surface area contributed by atoms with Gasteiger partial charge in [0, 0.05) is 26.3 Å². The molecular weight excluding hydrogens is 297 g/mol. The molecule has 1 heterocycles. The summed E-state index contributed by atoms with van der Waals surface area (Å²) < 4.78 is 0. The van der Waals surface area contributed by atoms with Crippen LogP contribution >= 0.6 is 34.5 Å². The molecular formula is C15H17Cl2NS. The third-order valence-electron chi connectivity index (χ3n) is 2.95. The SMILES string of the molecule is CCc1ccc(CNCCc2ccc(Cl)cc2Cl)s1. The molecule has 0 saturated carbocycles. The molecule has 0 saturated heterocycles. The molecule has 0 radical (unpaired) electrons. The second-order valence-corrected chi connectivity index (χ2v) is 6.48.